The predicted octanol–water partition coefficient (Wildman–Crippen LogP) is 4.15. The van der Waals surface area contributed by atoms with E-state index in [4.69, 9.17) is 0 Å². The minimum atomic E-state index is 0.524. The van der Waals surface area contributed by atoms with Gasteiger partial charge in [0.15, 0.2) is 0 Å². The van der Waals surface area contributed by atoms with Crippen molar-refractivity contribution >= 4 is 0 Å². The van der Waals surface area contributed by atoms with Gasteiger partial charge in [-0.25, -0.2) is 0 Å². The van der Waals surface area contributed by atoms with Crippen molar-refractivity contribution in [1.82, 2.24) is 9.80 Å². The molecule has 0 saturated carbocycles. The van der Waals surface area contributed by atoms with Crippen molar-refractivity contribution in [2.45, 2.75) is 97.8 Å². The molecule has 0 aromatic carbocycles. The Morgan fingerprint density at radius 2 is 1.45 bits per heavy atom. The zero-order chi connectivity index (χ0) is 14.9. The molecular weight excluding hydrogens is 244 g/mol. The number of nitrogens with zero attached hydrogens (tertiary/aromatic N) is 2. The summed E-state index contributed by atoms with van der Waals surface area (Å²) in [6.07, 6.45) is 6.96. The third-order valence-corrected chi connectivity index (χ3v) is 5.60. The van der Waals surface area contributed by atoms with Gasteiger partial charge in [-0.2, -0.15) is 0 Å². The first-order valence-corrected chi connectivity index (χ1v) is 8.83. The van der Waals surface area contributed by atoms with Gasteiger partial charge < -0.3 is 0 Å². The number of hydrogen-bond acceptors (Lipinski definition) is 2. The SMILES string of the molecule is CC(C)N1CCCCC1C1CC(C)(C)CCN1C(C)C. The predicted molar refractivity (Wildman–Crippen MR) is 88.1 cm³/mol. The Hall–Kier alpha value is -0.0800. The highest BCUT2D eigenvalue weighted by molar-refractivity contribution is 4.97. The highest BCUT2D eigenvalue weighted by atomic mass is 15.3. The molecule has 0 N–H and O–H groups in total. The second kappa shape index (κ2) is 6.36. The van der Waals surface area contributed by atoms with Crippen LogP contribution >= 0.6 is 0 Å². The van der Waals surface area contributed by atoms with Gasteiger partial charge >= 0.3 is 0 Å². The van der Waals surface area contributed by atoms with E-state index < -0.39 is 0 Å². The van der Waals surface area contributed by atoms with Gasteiger partial charge in [0.25, 0.3) is 0 Å². The Morgan fingerprint density at radius 1 is 0.850 bits per heavy atom. The molecule has 2 rings (SSSR count). The van der Waals surface area contributed by atoms with Gasteiger partial charge in [-0.3, -0.25) is 9.80 Å². The summed E-state index contributed by atoms with van der Waals surface area (Å²) in [7, 11) is 0. The van der Waals surface area contributed by atoms with Gasteiger partial charge in [0.05, 0.1) is 0 Å². The van der Waals surface area contributed by atoms with Gasteiger partial charge in [0.1, 0.15) is 0 Å². The first-order chi connectivity index (χ1) is 9.32. The van der Waals surface area contributed by atoms with Crippen LogP contribution in [-0.4, -0.2) is 47.1 Å². The average Bonchev–Trinajstić information content (AvgIpc) is 2.37. The zero-order valence-electron chi connectivity index (χ0n) is 14.7. The Labute approximate surface area is 126 Å². The van der Waals surface area contributed by atoms with E-state index in [9.17, 15) is 0 Å². The molecule has 2 heteroatoms. The maximum atomic E-state index is 2.80. The molecule has 2 fully saturated rings. The van der Waals surface area contributed by atoms with Crippen molar-refractivity contribution in [3.8, 4) is 0 Å². The van der Waals surface area contributed by atoms with Crippen molar-refractivity contribution < 1.29 is 0 Å². The highest BCUT2D eigenvalue weighted by Gasteiger charge is 2.41. The van der Waals surface area contributed by atoms with E-state index in [1.165, 1.54) is 45.2 Å². The zero-order valence-corrected chi connectivity index (χ0v) is 14.7. The molecule has 2 aliphatic heterocycles. The van der Waals surface area contributed by atoms with Gasteiger partial charge in [0, 0.05) is 24.2 Å². The summed E-state index contributed by atoms with van der Waals surface area (Å²) in [6, 6.07) is 2.93. The standard InChI is InChI=1S/C18H36N2/c1-14(2)19-11-8-7-9-16(19)17-13-18(5,6)10-12-20(17)15(3)4/h14-17H,7-13H2,1-6H3. The summed E-state index contributed by atoms with van der Waals surface area (Å²) in [4.78, 5) is 5.60. The van der Waals surface area contributed by atoms with Crippen LogP contribution in [0, 0.1) is 5.41 Å². The third kappa shape index (κ3) is 3.57. The van der Waals surface area contributed by atoms with Crippen LogP contribution in [0.1, 0.15) is 73.6 Å². The van der Waals surface area contributed by atoms with Crippen LogP contribution in [0.5, 0.6) is 0 Å². The summed E-state index contributed by atoms with van der Waals surface area (Å²) >= 11 is 0. The minimum absolute atomic E-state index is 0.524. The number of rotatable bonds is 3. The fourth-order valence-corrected chi connectivity index (χ4v) is 4.42. The van der Waals surface area contributed by atoms with Gasteiger partial charge in [-0.05, 0) is 71.9 Å². The Kier molecular flexibility index (Phi) is 5.18. The largest absolute Gasteiger partial charge is 0.296 e. The normalized spacial score (nSPS) is 33.0. The van der Waals surface area contributed by atoms with Gasteiger partial charge in [-0.1, -0.05) is 20.3 Å². The number of hydrogen-bond donors (Lipinski definition) is 0. The highest BCUT2D eigenvalue weighted by Crippen LogP contribution is 2.39. The molecule has 0 radical (unpaired) electrons. The Balaban J connectivity index is 2.19. The maximum absolute atomic E-state index is 2.80. The monoisotopic (exact) mass is 280 g/mol. The first kappa shape index (κ1) is 16.3. The number of likely N-dealkylation sites (tertiary alicyclic amines) is 2. The molecule has 2 nitrogen and oxygen atoms in total. The molecule has 2 unspecified atom stereocenters. The van der Waals surface area contributed by atoms with Crippen molar-refractivity contribution in [2.24, 2.45) is 5.41 Å². The molecule has 0 spiro atoms. The van der Waals surface area contributed by atoms with Crippen LogP contribution in [0.4, 0.5) is 0 Å². The topological polar surface area (TPSA) is 6.48 Å². The minimum Gasteiger partial charge on any atom is -0.296 e. The summed E-state index contributed by atoms with van der Waals surface area (Å²) in [5.41, 5.74) is 0.524. The fraction of sp³-hybridized carbons (Fsp3) is 1.00. The smallest absolute Gasteiger partial charge is 0.0259 e. The Bertz CT molecular complexity index is 309. The molecule has 20 heavy (non-hydrogen) atoms. The summed E-state index contributed by atoms with van der Waals surface area (Å²) < 4.78 is 0. The fourth-order valence-electron chi connectivity index (χ4n) is 4.42. The van der Waals surface area contributed by atoms with Crippen molar-refractivity contribution in [2.75, 3.05) is 13.1 Å². The molecule has 0 bridgehead atoms. The van der Waals surface area contributed by atoms with Crippen LogP contribution in [0.3, 0.4) is 0 Å². The second-order valence-corrected chi connectivity index (χ2v) is 8.41. The maximum Gasteiger partial charge on any atom is 0.0259 e. The van der Waals surface area contributed by atoms with Crippen LogP contribution < -0.4 is 0 Å². The summed E-state index contributed by atoms with van der Waals surface area (Å²) in [5, 5.41) is 0. The lowest BCUT2D eigenvalue weighted by atomic mass is 9.74. The Morgan fingerprint density at radius 3 is 2.05 bits per heavy atom. The van der Waals surface area contributed by atoms with Crippen LogP contribution in [0.15, 0.2) is 0 Å². The van der Waals surface area contributed by atoms with E-state index in [0.29, 0.717) is 17.5 Å². The first-order valence-electron chi connectivity index (χ1n) is 8.83. The molecule has 2 saturated heterocycles. The molecule has 0 aromatic heterocycles. The van der Waals surface area contributed by atoms with Crippen molar-refractivity contribution in [3.63, 3.8) is 0 Å². The number of piperidine rings is 2. The van der Waals surface area contributed by atoms with E-state index >= 15 is 0 Å². The average molecular weight is 280 g/mol. The van der Waals surface area contributed by atoms with Crippen molar-refractivity contribution in [3.05, 3.63) is 0 Å². The molecule has 2 aliphatic rings. The van der Waals surface area contributed by atoms with E-state index in [1.807, 2.05) is 0 Å². The quantitative estimate of drug-likeness (QED) is 0.766. The lowest BCUT2D eigenvalue weighted by Crippen LogP contribution is -2.60. The molecule has 0 aliphatic carbocycles. The molecule has 0 amide bonds. The van der Waals surface area contributed by atoms with E-state index in [2.05, 4.69) is 51.3 Å². The van der Waals surface area contributed by atoms with Crippen LogP contribution in [0.25, 0.3) is 0 Å². The van der Waals surface area contributed by atoms with E-state index in [1.54, 1.807) is 0 Å². The third-order valence-electron chi connectivity index (χ3n) is 5.60. The van der Waals surface area contributed by atoms with Crippen LogP contribution in [0.2, 0.25) is 0 Å². The summed E-state index contributed by atoms with van der Waals surface area (Å²) in [6.45, 7) is 17.1. The second-order valence-electron chi connectivity index (χ2n) is 8.41. The lowest BCUT2D eigenvalue weighted by Gasteiger charge is -2.53. The molecular formula is C18H36N2. The van der Waals surface area contributed by atoms with Gasteiger partial charge in [-0.15, -0.1) is 0 Å². The van der Waals surface area contributed by atoms with E-state index in [-0.39, 0.29) is 0 Å². The van der Waals surface area contributed by atoms with Crippen molar-refractivity contribution in [1.29, 1.82) is 0 Å². The molecule has 0 aromatic rings. The van der Waals surface area contributed by atoms with E-state index in [0.717, 1.165) is 12.1 Å². The lowest BCUT2D eigenvalue weighted by molar-refractivity contribution is -0.0296. The van der Waals surface area contributed by atoms with Gasteiger partial charge in [0.2, 0.25) is 0 Å². The molecule has 2 atom stereocenters. The molecule has 118 valence electrons. The molecule has 2 heterocycles. The summed E-state index contributed by atoms with van der Waals surface area (Å²) in [5.74, 6) is 0. The van der Waals surface area contributed by atoms with Crippen LogP contribution in [-0.2, 0) is 0 Å².